The predicted octanol–water partition coefficient (Wildman–Crippen LogP) is 7.26. The van der Waals surface area contributed by atoms with E-state index < -0.39 is 11.6 Å². The van der Waals surface area contributed by atoms with Crippen molar-refractivity contribution in [3.8, 4) is 6.07 Å². The highest BCUT2D eigenvalue weighted by Crippen LogP contribution is 2.26. The summed E-state index contributed by atoms with van der Waals surface area (Å²) in [7, 11) is 0. The van der Waals surface area contributed by atoms with Gasteiger partial charge in [0.2, 0.25) is 5.91 Å². The first kappa shape index (κ1) is 28.6. The molecule has 2 unspecified atom stereocenters. The van der Waals surface area contributed by atoms with Gasteiger partial charge in [-0.2, -0.15) is 5.26 Å². The third-order valence-electron chi connectivity index (χ3n) is 6.06. The zero-order chi connectivity index (χ0) is 25.1. The topological polar surface area (TPSA) is 44.1 Å². The van der Waals surface area contributed by atoms with Crippen molar-refractivity contribution in [2.75, 3.05) is 13.1 Å². The molecule has 180 valence electrons. The lowest BCUT2D eigenvalue weighted by atomic mass is 9.91. The zero-order valence-corrected chi connectivity index (χ0v) is 21.3. The number of halogens is 3. The molecule has 2 atom stereocenters. The number of aryl methyl sites for hydroxylation is 3. The van der Waals surface area contributed by atoms with Crippen LogP contribution in [0.25, 0.3) is 0 Å². The number of hydrogen-bond donors (Lipinski definition) is 0. The molecule has 0 aromatic heterocycles. The molecule has 0 spiro atoms. The summed E-state index contributed by atoms with van der Waals surface area (Å²) in [6, 6.07) is 10.6. The summed E-state index contributed by atoms with van der Waals surface area (Å²) in [5, 5.41) is 9.00. The van der Waals surface area contributed by atoms with E-state index in [1.165, 1.54) is 6.42 Å². The van der Waals surface area contributed by atoms with E-state index in [1.807, 2.05) is 24.0 Å². The van der Waals surface area contributed by atoms with Gasteiger partial charge >= 0.3 is 0 Å². The van der Waals surface area contributed by atoms with Crippen LogP contribution in [0.2, 0.25) is 5.02 Å². The molecule has 1 aliphatic rings. The van der Waals surface area contributed by atoms with Crippen molar-refractivity contribution in [3.05, 3.63) is 69.2 Å². The van der Waals surface area contributed by atoms with E-state index in [9.17, 15) is 13.6 Å². The Labute approximate surface area is 202 Å². The van der Waals surface area contributed by atoms with Crippen LogP contribution in [0.5, 0.6) is 0 Å². The Morgan fingerprint density at radius 3 is 2.30 bits per heavy atom. The van der Waals surface area contributed by atoms with Gasteiger partial charge in [-0.15, -0.1) is 0 Å². The molecule has 1 fully saturated rings. The van der Waals surface area contributed by atoms with Crippen LogP contribution in [0.15, 0.2) is 30.3 Å². The van der Waals surface area contributed by atoms with Crippen LogP contribution in [-0.4, -0.2) is 23.9 Å². The molecule has 0 N–H and O–H groups in total. The van der Waals surface area contributed by atoms with Crippen LogP contribution < -0.4 is 0 Å². The van der Waals surface area contributed by atoms with Crippen LogP contribution in [0.3, 0.4) is 0 Å². The lowest BCUT2D eigenvalue weighted by Crippen LogP contribution is -2.25. The number of hydrogen-bond acceptors (Lipinski definition) is 2. The highest BCUT2D eigenvalue weighted by atomic mass is 35.5. The third kappa shape index (κ3) is 8.44. The maximum Gasteiger partial charge on any atom is 0.222 e. The molecular formula is C27H35ClF2N2O. The smallest absolute Gasteiger partial charge is 0.222 e. The number of nitrogens with zero attached hydrogens (tertiary/aromatic N) is 2. The molecule has 2 aromatic carbocycles. The van der Waals surface area contributed by atoms with Crippen molar-refractivity contribution in [1.82, 2.24) is 4.90 Å². The molecule has 1 amide bonds. The van der Waals surface area contributed by atoms with Crippen molar-refractivity contribution in [1.29, 1.82) is 5.26 Å². The molecule has 2 aromatic rings. The first-order valence-corrected chi connectivity index (χ1v) is 11.8. The number of likely N-dealkylation sites (tertiary alicyclic amines) is 1. The molecule has 3 rings (SSSR count). The number of nitriles is 1. The molecule has 6 heteroatoms. The molecule has 0 bridgehead atoms. The normalized spacial score (nSPS) is 15.7. The van der Waals surface area contributed by atoms with Crippen molar-refractivity contribution >= 4 is 17.5 Å². The first-order valence-electron chi connectivity index (χ1n) is 11.5. The zero-order valence-electron chi connectivity index (χ0n) is 20.5. The number of amides is 1. The molecule has 1 aliphatic heterocycles. The highest BCUT2D eigenvalue weighted by Gasteiger charge is 2.30. The second-order valence-electron chi connectivity index (χ2n) is 8.40. The second-order valence-corrected chi connectivity index (χ2v) is 8.81. The number of carbonyl (C=O) groups is 1. The fourth-order valence-electron chi connectivity index (χ4n) is 3.49. The van der Waals surface area contributed by atoms with Gasteiger partial charge in [-0.1, -0.05) is 57.0 Å². The first-order chi connectivity index (χ1) is 15.6. The van der Waals surface area contributed by atoms with Gasteiger partial charge in [0.1, 0.15) is 6.07 Å². The Hall–Kier alpha value is -2.45. The Balaban J connectivity index is 0.000000249. The molecule has 1 heterocycles. The van der Waals surface area contributed by atoms with Gasteiger partial charge in [-0.25, -0.2) is 8.78 Å². The van der Waals surface area contributed by atoms with Gasteiger partial charge in [0.25, 0.3) is 0 Å². The minimum absolute atomic E-state index is 0.350. The summed E-state index contributed by atoms with van der Waals surface area (Å²) in [6.45, 7) is 13.7. The maximum absolute atomic E-state index is 12.9. The van der Waals surface area contributed by atoms with E-state index in [4.69, 9.17) is 16.9 Å². The van der Waals surface area contributed by atoms with Gasteiger partial charge in [0, 0.05) is 19.5 Å². The number of carbonyl (C=O) groups excluding carboxylic acids is 1. The van der Waals surface area contributed by atoms with Crippen molar-refractivity contribution < 1.29 is 13.6 Å². The fraction of sp³-hybridized carbons (Fsp3) is 0.481. The summed E-state index contributed by atoms with van der Waals surface area (Å²) >= 11 is 5.71. The van der Waals surface area contributed by atoms with E-state index in [-0.39, 0.29) is 0 Å². The summed E-state index contributed by atoms with van der Waals surface area (Å²) in [5.74, 6) is 0.243. The van der Waals surface area contributed by atoms with Crippen LogP contribution in [0, 0.1) is 48.6 Å². The molecular weight excluding hydrogens is 442 g/mol. The summed E-state index contributed by atoms with van der Waals surface area (Å²) in [6.07, 6.45) is 2.50. The minimum atomic E-state index is -0.718. The molecule has 0 saturated carbocycles. The lowest BCUT2D eigenvalue weighted by molar-refractivity contribution is -0.127. The van der Waals surface area contributed by atoms with E-state index in [1.54, 1.807) is 38.1 Å². The Morgan fingerprint density at radius 1 is 1.15 bits per heavy atom. The summed E-state index contributed by atoms with van der Waals surface area (Å²) in [5.41, 5.74) is 2.41. The SMILES string of the molecule is CCC(C)C1CC(=O)N(CC)C1.CCc1ccc(C)c(F)c1F.Cc1ccc(C#N)c(Cl)c1. The van der Waals surface area contributed by atoms with Crippen molar-refractivity contribution in [2.24, 2.45) is 11.8 Å². The average molecular weight is 477 g/mol. The Bertz CT molecular complexity index is 971. The van der Waals surface area contributed by atoms with Gasteiger partial charge in [-0.05, 0) is 67.9 Å². The minimum Gasteiger partial charge on any atom is -0.343 e. The maximum atomic E-state index is 12.9. The summed E-state index contributed by atoms with van der Waals surface area (Å²) in [4.78, 5) is 13.3. The van der Waals surface area contributed by atoms with Gasteiger partial charge in [-0.3, -0.25) is 4.79 Å². The largest absolute Gasteiger partial charge is 0.343 e. The molecule has 0 aliphatic carbocycles. The van der Waals surface area contributed by atoms with E-state index >= 15 is 0 Å². The van der Waals surface area contributed by atoms with Gasteiger partial charge in [0.15, 0.2) is 11.6 Å². The van der Waals surface area contributed by atoms with Gasteiger partial charge in [0.05, 0.1) is 10.6 Å². The van der Waals surface area contributed by atoms with E-state index in [2.05, 4.69) is 20.8 Å². The number of rotatable bonds is 4. The monoisotopic (exact) mass is 476 g/mol. The summed E-state index contributed by atoms with van der Waals surface area (Å²) < 4.78 is 25.7. The standard InChI is InChI=1S/C10H19NO.C9H10F2.C8H6ClN/c1-4-8(3)9-6-10(12)11(5-2)7-9;1-3-7-5-4-6(2)8(10)9(7)11;1-6-2-3-7(5-10)8(9)4-6/h8-9H,4-7H2,1-3H3;4-5H,3H2,1-2H3;2-4H,1H3. The van der Waals surface area contributed by atoms with Crippen molar-refractivity contribution in [3.63, 3.8) is 0 Å². The quantitative estimate of drug-likeness (QED) is 0.466. The van der Waals surface area contributed by atoms with Crippen molar-refractivity contribution in [2.45, 2.75) is 60.8 Å². The molecule has 0 radical (unpaired) electrons. The second kappa shape index (κ2) is 14.0. The van der Waals surface area contributed by atoms with E-state index in [0.29, 0.717) is 45.9 Å². The van der Waals surface area contributed by atoms with E-state index in [0.717, 1.165) is 25.1 Å². The molecule has 3 nitrogen and oxygen atoms in total. The molecule has 1 saturated heterocycles. The predicted molar refractivity (Wildman–Crippen MR) is 131 cm³/mol. The van der Waals surface area contributed by atoms with Gasteiger partial charge < -0.3 is 4.90 Å². The fourth-order valence-corrected chi connectivity index (χ4v) is 3.77. The third-order valence-corrected chi connectivity index (χ3v) is 6.37. The van der Waals surface area contributed by atoms with Crippen LogP contribution in [-0.2, 0) is 11.2 Å². The Morgan fingerprint density at radius 2 is 1.82 bits per heavy atom. The Kier molecular flexibility index (Phi) is 12.1. The lowest BCUT2D eigenvalue weighted by Gasteiger charge is -2.17. The number of benzene rings is 2. The van der Waals surface area contributed by atoms with Crippen LogP contribution in [0.4, 0.5) is 8.78 Å². The average Bonchev–Trinajstić information content (AvgIpc) is 3.19. The highest BCUT2D eigenvalue weighted by molar-refractivity contribution is 6.31. The van der Waals surface area contributed by atoms with Crippen LogP contribution >= 0.6 is 11.6 Å². The van der Waals surface area contributed by atoms with Crippen LogP contribution in [0.1, 0.15) is 62.8 Å². The molecule has 33 heavy (non-hydrogen) atoms.